The van der Waals surface area contributed by atoms with E-state index >= 15 is 0 Å². The average molecular weight is 614 g/mol. The van der Waals surface area contributed by atoms with Gasteiger partial charge in [0.05, 0.1) is 0 Å². The van der Waals surface area contributed by atoms with Crippen LogP contribution in [-0.2, 0) is 26.0 Å². The lowest BCUT2D eigenvalue weighted by atomic mass is 9.69. The molecular formula is C37H47NO3SSi. The largest absolute Gasteiger partial charge is 0.461 e. The third kappa shape index (κ3) is 8.00. The van der Waals surface area contributed by atoms with Crippen LogP contribution in [0.5, 0.6) is 0 Å². The molecule has 1 saturated heterocycles. The molecule has 1 aliphatic heterocycles. The lowest BCUT2D eigenvalue weighted by molar-refractivity contribution is -0.142. The predicted octanol–water partition coefficient (Wildman–Crippen LogP) is 9.00. The zero-order chi connectivity index (χ0) is 31.3. The molecule has 0 saturated carbocycles. The minimum Gasteiger partial charge on any atom is -0.461 e. The van der Waals surface area contributed by atoms with Gasteiger partial charge in [-0.1, -0.05) is 56.0 Å². The Morgan fingerprint density at radius 3 is 2.21 bits per heavy atom. The second-order valence-electron chi connectivity index (χ2n) is 12.8. The van der Waals surface area contributed by atoms with Crippen LogP contribution < -0.4 is 0 Å². The Hall–Kier alpha value is -2.85. The van der Waals surface area contributed by atoms with Crippen LogP contribution in [0.15, 0.2) is 54.9 Å². The Kier molecular flexibility index (Phi) is 10.6. The Morgan fingerprint density at radius 1 is 0.977 bits per heavy atom. The van der Waals surface area contributed by atoms with Crippen LogP contribution >= 0.6 is 11.8 Å². The number of hydrogen-bond donors (Lipinski definition) is 0. The van der Waals surface area contributed by atoms with Crippen molar-refractivity contribution in [3.63, 3.8) is 0 Å². The van der Waals surface area contributed by atoms with Gasteiger partial charge < -0.3 is 9.16 Å². The first-order chi connectivity index (χ1) is 20.4. The second kappa shape index (κ2) is 13.8. The van der Waals surface area contributed by atoms with E-state index in [1.54, 1.807) is 6.20 Å². The second-order valence-corrected chi connectivity index (χ2v) is 18.4. The maximum absolute atomic E-state index is 11.3. The lowest BCUT2D eigenvalue weighted by Crippen LogP contribution is -2.44. The fourth-order valence-corrected chi connectivity index (χ4v) is 8.82. The van der Waals surface area contributed by atoms with Crippen molar-refractivity contribution in [2.75, 3.05) is 11.5 Å². The summed E-state index contributed by atoms with van der Waals surface area (Å²) >= 11 is 2.01. The Balaban J connectivity index is 1.65. The van der Waals surface area contributed by atoms with Gasteiger partial charge >= 0.3 is 5.97 Å². The first-order valence-electron chi connectivity index (χ1n) is 15.5. The van der Waals surface area contributed by atoms with Gasteiger partial charge in [-0.3, -0.25) is 9.78 Å². The number of hydrogen-bond acceptors (Lipinski definition) is 5. The molecule has 0 N–H and O–H groups in total. The molecule has 4 nitrogen and oxygen atoms in total. The number of carbonyl (C=O) groups excluding carboxylic acids is 1. The zero-order valence-corrected chi connectivity index (χ0v) is 29.0. The number of pyridine rings is 1. The molecule has 4 rings (SSSR count). The van der Waals surface area contributed by atoms with Crippen molar-refractivity contribution in [2.45, 2.75) is 97.6 Å². The number of thioether (sulfide) groups is 1. The molecular weight excluding hydrogens is 567 g/mol. The zero-order valence-electron chi connectivity index (χ0n) is 27.2. The van der Waals surface area contributed by atoms with Gasteiger partial charge in [-0.15, -0.1) is 0 Å². The fraction of sp³-hybridized carbons (Fsp3) is 0.459. The number of benzene rings is 2. The molecule has 0 bridgehead atoms. The van der Waals surface area contributed by atoms with Gasteiger partial charge in [-0.2, -0.15) is 11.8 Å². The molecule has 43 heavy (non-hydrogen) atoms. The molecule has 0 unspecified atom stereocenters. The summed E-state index contributed by atoms with van der Waals surface area (Å²) in [5.74, 6) is 9.12. The molecule has 0 atom stereocenters. The van der Waals surface area contributed by atoms with E-state index in [2.05, 4.69) is 107 Å². The highest BCUT2D eigenvalue weighted by Gasteiger charge is 2.36. The quantitative estimate of drug-likeness (QED) is 0.137. The van der Waals surface area contributed by atoms with Gasteiger partial charge in [-0.25, -0.2) is 0 Å². The minimum atomic E-state index is -1.72. The average Bonchev–Trinajstić information content (AvgIpc) is 2.96. The normalized spacial score (nSPS) is 15.0. The van der Waals surface area contributed by atoms with E-state index in [-0.39, 0.29) is 23.6 Å². The SMILES string of the molecule is CCC(CC)(c1ccc(C#CC2(O[Si](C)(C)C)CCSCC2)c(C)c1)c1ccc(-c2cncc(COC(C)=O)c2)c(C)c1. The number of aromatic nitrogens is 1. The van der Waals surface area contributed by atoms with Crippen LogP contribution in [0.25, 0.3) is 11.1 Å². The van der Waals surface area contributed by atoms with E-state index in [9.17, 15) is 4.79 Å². The fourth-order valence-electron chi connectivity index (χ4n) is 6.24. The summed E-state index contributed by atoms with van der Waals surface area (Å²) in [6, 6.07) is 15.7. The van der Waals surface area contributed by atoms with Crippen LogP contribution in [0.2, 0.25) is 19.6 Å². The summed E-state index contributed by atoms with van der Waals surface area (Å²) in [5, 5.41) is 0. The number of aryl methyl sites for hydroxylation is 2. The Labute approximate surface area is 264 Å². The highest BCUT2D eigenvalue weighted by atomic mass is 32.2. The third-order valence-electron chi connectivity index (χ3n) is 8.54. The number of carbonyl (C=O) groups is 1. The van der Waals surface area contributed by atoms with E-state index in [0.717, 1.165) is 59.4 Å². The number of esters is 1. The van der Waals surface area contributed by atoms with Gasteiger partial charge in [0, 0.05) is 41.4 Å². The van der Waals surface area contributed by atoms with Crippen LogP contribution in [0, 0.1) is 25.7 Å². The molecule has 2 aromatic carbocycles. The van der Waals surface area contributed by atoms with Crippen molar-refractivity contribution >= 4 is 26.0 Å². The minimum absolute atomic E-state index is 0.0990. The summed E-state index contributed by atoms with van der Waals surface area (Å²) < 4.78 is 11.9. The molecule has 0 radical (unpaired) electrons. The van der Waals surface area contributed by atoms with Gasteiger partial charge in [-0.05, 0) is 111 Å². The summed E-state index contributed by atoms with van der Waals surface area (Å²) in [4.78, 5) is 15.7. The summed E-state index contributed by atoms with van der Waals surface area (Å²) in [7, 11) is -1.72. The maximum Gasteiger partial charge on any atom is 0.302 e. The van der Waals surface area contributed by atoms with Crippen molar-refractivity contribution in [3.05, 3.63) is 88.2 Å². The molecule has 6 heteroatoms. The van der Waals surface area contributed by atoms with Crippen molar-refractivity contribution in [2.24, 2.45) is 0 Å². The molecule has 228 valence electrons. The smallest absolute Gasteiger partial charge is 0.302 e. The van der Waals surface area contributed by atoms with E-state index in [0.29, 0.717) is 0 Å². The Morgan fingerprint density at radius 2 is 1.63 bits per heavy atom. The summed E-state index contributed by atoms with van der Waals surface area (Å²) in [6.07, 6.45) is 7.62. The first kappa shape index (κ1) is 33.0. The van der Waals surface area contributed by atoms with Gasteiger partial charge in [0.15, 0.2) is 8.32 Å². The first-order valence-corrected chi connectivity index (χ1v) is 20.1. The molecule has 1 fully saturated rings. The monoisotopic (exact) mass is 613 g/mol. The van der Waals surface area contributed by atoms with E-state index in [1.807, 2.05) is 18.0 Å². The van der Waals surface area contributed by atoms with Gasteiger partial charge in [0.25, 0.3) is 0 Å². The van der Waals surface area contributed by atoms with Crippen LogP contribution in [0.1, 0.15) is 79.8 Å². The molecule has 2 heterocycles. The van der Waals surface area contributed by atoms with Crippen molar-refractivity contribution < 1.29 is 14.0 Å². The summed E-state index contributed by atoms with van der Waals surface area (Å²) in [6.45, 7) is 17.4. The number of nitrogens with zero attached hydrogens (tertiary/aromatic N) is 1. The van der Waals surface area contributed by atoms with E-state index < -0.39 is 8.32 Å². The Bertz CT molecular complexity index is 1500. The molecule has 3 aromatic rings. The molecule has 0 spiro atoms. The molecule has 1 aliphatic rings. The molecule has 1 aromatic heterocycles. The number of rotatable bonds is 9. The third-order valence-corrected chi connectivity index (χ3v) is 10.5. The maximum atomic E-state index is 11.3. The lowest BCUT2D eigenvalue weighted by Gasteiger charge is -2.37. The topological polar surface area (TPSA) is 48.4 Å². The highest BCUT2D eigenvalue weighted by molar-refractivity contribution is 7.99. The highest BCUT2D eigenvalue weighted by Crippen LogP contribution is 2.41. The van der Waals surface area contributed by atoms with Crippen molar-refractivity contribution in [3.8, 4) is 23.0 Å². The summed E-state index contributed by atoms with van der Waals surface area (Å²) in [5.41, 5.74) is 8.80. The van der Waals surface area contributed by atoms with Crippen molar-refractivity contribution in [1.29, 1.82) is 0 Å². The van der Waals surface area contributed by atoms with Crippen LogP contribution in [-0.4, -0.2) is 36.4 Å². The van der Waals surface area contributed by atoms with E-state index in [1.165, 1.54) is 29.2 Å². The van der Waals surface area contributed by atoms with Crippen LogP contribution in [0.3, 0.4) is 0 Å². The van der Waals surface area contributed by atoms with E-state index in [4.69, 9.17) is 9.16 Å². The molecule has 0 amide bonds. The van der Waals surface area contributed by atoms with Crippen molar-refractivity contribution in [1.82, 2.24) is 4.98 Å². The standard InChI is InChI=1S/C37H47NO3SSi/c1-9-37(10-2,34-13-14-35(28(4)22-34)32-23-30(24-38-25-32)26-40-29(5)39)33-12-11-31(27(3)21-33)15-16-36(41-43(6,7)8)17-19-42-20-18-36/h11-14,21-25H,9-10,17-20,26H2,1-8H3. The van der Waals surface area contributed by atoms with Gasteiger partial charge in [0.2, 0.25) is 0 Å². The van der Waals surface area contributed by atoms with Crippen LogP contribution in [0.4, 0.5) is 0 Å². The van der Waals surface area contributed by atoms with Gasteiger partial charge in [0.1, 0.15) is 12.2 Å². The molecule has 0 aliphatic carbocycles. The predicted molar refractivity (Wildman–Crippen MR) is 183 cm³/mol. The number of ether oxygens (including phenoxy) is 1.